The Morgan fingerprint density at radius 3 is 2.93 bits per heavy atom. The zero-order chi connectivity index (χ0) is 21.3. The minimum atomic E-state index is -0.618. The number of morpholine rings is 1. The van der Waals surface area contributed by atoms with Gasteiger partial charge in [-0.05, 0) is 25.1 Å². The molecule has 4 rings (SSSR count). The van der Waals surface area contributed by atoms with Gasteiger partial charge >= 0.3 is 0 Å². The Balaban J connectivity index is 2.01. The highest BCUT2D eigenvalue weighted by atomic mass is 16.5. The molecule has 10 nitrogen and oxygen atoms in total. The number of hydrogen-bond donors (Lipinski definition) is 3. The van der Waals surface area contributed by atoms with Crippen LogP contribution in [0, 0.1) is 5.41 Å². The summed E-state index contributed by atoms with van der Waals surface area (Å²) < 4.78 is 7.02. The minimum absolute atomic E-state index is 0.117. The van der Waals surface area contributed by atoms with Crippen LogP contribution in [-0.2, 0) is 4.74 Å². The summed E-state index contributed by atoms with van der Waals surface area (Å²) in [7, 11) is 0. The van der Waals surface area contributed by atoms with E-state index in [4.69, 9.17) is 26.6 Å². The summed E-state index contributed by atoms with van der Waals surface area (Å²) in [4.78, 5) is 23.1. The fourth-order valence-corrected chi connectivity index (χ4v) is 3.59. The number of ether oxygens (including phenoxy) is 1. The molecule has 0 bridgehead atoms. The molecule has 0 aromatic carbocycles. The highest BCUT2D eigenvalue weighted by Gasteiger charge is 2.24. The Kier molecular flexibility index (Phi) is 5.15. The van der Waals surface area contributed by atoms with Crippen molar-refractivity contribution in [2.75, 3.05) is 24.7 Å². The van der Waals surface area contributed by atoms with Crippen LogP contribution in [0.4, 0.5) is 5.82 Å². The van der Waals surface area contributed by atoms with E-state index in [0.29, 0.717) is 42.2 Å². The third-order valence-corrected chi connectivity index (χ3v) is 5.02. The van der Waals surface area contributed by atoms with Crippen LogP contribution in [0.5, 0.6) is 0 Å². The molecule has 1 fully saturated rings. The van der Waals surface area contributed by atoms with Crippen LogP contribution in [0.25, 0.3) is 28.0 Å². The number of fused-ring (bicyclic) bond motifs is 1. The average molecular weight is 406 g/mol. The van der Waals surface area contributed by atoms with Crippen molar-refractivity contribution in [3.05, 3.63) is 42.4 Å². The van der Waals surface area contributed by atoms with Gasteiger partial charge in [-0.3, -0.25) is 9.78 Å². The van der Waals surface area contributed by atoms with Crippen molar-refractivity contribution >= 4 is 34.8 Å². The first-order chi connectivity index (χ1) is 14.5. The Labute approximate surface area is 172 Å². The first-order valence-electron chi connectivity index (χ1n) is 9.46. The van der Waals surface area contributed by atoms with Gasteiger partial charge in [-0.1, -0.05) is 6.07 Å². The summed E-state index contributed by atoms with van der Waals surface area (Å²) in [5, 5.41) is 12.3. The quantitative estimate of drug-likeness (QED) is 0.539. The molecule has 0 aliphatic carbocycles. The number of amides is 1. The van der Waals surface area contributed by atoms with Crippen LogP contribution in [0.15, 0.2) is 36.7 Å². The van der Waals surface area contributed by atoms with E-state index in [-0.39, 0.29) is 17.6 Å². The molecule has 1 aliphatic heterocycles. The number of rotatable bonds is 5. The molecule has 3 aromatic rings. The van der Waals surface area contributed by atoms with Crippen LogP contribution in [0.1, 0.15) is 17.4 Å². The maximum absolute atomic E-state index is 12.0. The Hall–Kier alpha value is -3.79. The molecule has 0 unspecified atom stereocenters. The van der Waals surface area contributed by atoms with E-state index < -0.39 is 5.91 Å². The Bertz CT molecular complexity index is 1150. The lowest BCUT2D eigenvalue weighted by Gasteiger charge is -2.34. The van der Waals surface area contributed by atoms with Gasteiger partial charge in [0.2, 0.25) is 0 Å². The van der Waals surface area contributed by atoms with Crippen molar-refractivity contribution in [3.63, 3.8) is 0 Å². The zero-order valence-corrected chi connectivity index (χ0v) is 16.4. The van der Waals surface area contributed by atoms with Crippen LogP contribution < -0.4 is 16.4 Å². The van der Waals surface area contributed by atoms with Crippen molar-refractivity contribution in [1.29, 1.82) is 5.41 Å². The van der Waals surface area contributed by atoms with Crippen LogP contribution in [0.3, 0.4) is 0 Å². The van der Waals surface area contributed by atoms with Crippen molar-refractivity contribution < 1.29 is 9.53 Å². The van der Waals surface area contributed by atoms with Gasteiger partial charge in [-0.15, -0.1) is 0 Å². The number of nitrogens with zero attached hydrogens (tertiary/aromatic N) is 5. The topological polar surface area (TPSA) is 149 Å². The second kappa shape index (κ2) is 7.91. The number of anilines is 1. The van der Waals surface area contributed by atoms with Crippen LogP contribution in [-0.4, -0.2) is 57.7 Å². The molecule has 5 N–H and O–H groups in total. The molecular formula is C20H22N8O2. The first kappa shape index (κ1) is 19.5. The largest absolute Gasteiger partial charge is 0.384 e. The molecule has 154 valence electrons. The fraction of sp³-hybridized carbons (Fsp3) is 0.250. The summed E-state index contributed by atoms with van der Waals surface area (Å²) in [5.41, 5.74) is 13.7. The lowest BCUT2D eigenvalue weighted by Crippen LogP contribution is -2.44. The average Bonchev–Trinajstić information content (AvgIpc) is 3.17. The molecule has 0 saturated carbocycles. The molecule has 1 amide bonds. The number of nitrogens with one attached hydrogen (secondary N) is 1. The second-order valence-electron chi connectivity index (χ2n) is 6.96. The van der Waals surface area contributed by atoms with Gasteiger partial charge in [-0.2, -0.15) is 9.78 Å². The lowest BCUT2D eigenvalue weighted by molar-refractivity contribution is 0.0985. The number of aromatic nitrogens is 4. The molecular weight excluding hydrogens is 384 g/mol. The van der Waals surface area contributed by atoms with Gasteiger partial charge in [0.05, 0.1) is 25.5 Å². The second-order valence-corrected chi connectivity index (χ2v) is 6.96. The third-order valence-electron chi connectivity index (χ3n) is 5.02. The van der Waals surface area contributed by atoms with Crippen LogP contribution in [0.2, 0.25) is 0 Å². The van der Waals surface area contributed by atoms with E-state index in [2.05, 4.69) is 21.9 Å². The van der Waals surface area contributed by atoms with E-state index in [1.165, 1.54) is 17.0 Å². The SMILES string of the molecule is C[C@@H]1COCCN1c1cc(-c2cccnc2C(N)=O)c2cnn(/C(N)=C/C=N)c2n1. The minimum Gasteiger partial charge on any atom is -0.384 e. The summed E-state index contributed by atoms with van der Waals surface area (Å²) in [6, 6.07) is 5.57. The van der Waals surface area contributed by atoms with Gasteiger partial charge < -0.3 is 26.5 Å². The van der Waals surface area contributed by atoms with Gasteiger partial charge in [0, 0.05) is 35.5 Å². The van der Waals surface area contributed by atoms with Gasteiger partial charge in [-0.25, -0.2) is 4.98 Å². The number of allylic oxidation sites excluding steroid dienone is 1. The van der Waals surface area contributed by atoms with Crippen molar-refractivity contribution in [2.45, 2.75) is 13.0 Å². The monoisotopic (exact) mass is 406 g/mol. The summed E-state index contributed by atoms with van der Waals surface area (Å²) in [5.74, 6) is 0.344. The molecule has 1 atom stereocenters. The predicted octanol–water partition coefficient (Wildman–Crippen LogP) is 1.22. The number of carbonyl (C=O) groups is 1. The smallest absolute Gasteiger partial charge is 0.267 e. The Morgan fingerprint density at radius 2 is 2.20 bits per heavy atom. The van der Waals surface area contributed by atoms with Gasteiger partial charge in [0.1, 0.15) is 17.3 Å². The van der Waals surface area contributed by atoms with Gasteiger partial charge in [0.15, 0.2) is 5.65 Å². The molecule has 4 heterocycles. The van der Waals surface area contributed by atoms with E-state index in [1.54, 1.807) is 18.3 Å². The summed E-state index contributed by atoms with van der Waals surface area (Å²) in [6.07, 6.45) is 5.68. The van der Waals surface area contributed by atoms with Crippen molar-refractivity contribution in [2.24, 2.45) is 11.5 Å². The predicted molar refractivity (Wildman–Crippen MR) is 114 cm³/mol. The normalized spacial score (nSPS) is 17.3. The number of carbonyl (C=O) groups excluding carboxylic acids is 1. The van der Waals surface area contributed by atoms with Crippen LogP contribution >= 0.6 is 0 Å². The first-order valence-corrected chi connectivity index (χ1v) is 9.46. The number of primary amides is 1. The lowest BCUT2D eigenvalue weighted by atomic mass is 10.0. The maximum Gasteiger partial charge on any atom is 0.267 e. The standard InChI is InChI=1S/C20H22N8O2/c1-12-11-30-8-7-27(12)17-9-14(13-3-2-6-24-18(13)19(23)29)15-10-25-28(20(15)26-17)16(22)4-5-21/h2-6,9-10,12,21H,7-8,11,22H2,1H3,(H2,23,29)/b16-4+,21-5?/t12-/m1/s1. The number of pyridine rings is 2. The van der Waals surface area contributed by atoms with E-state index in [1.807, 2.05) is 6.07 Å². The molecule has 1 saturated heterocycles. The molecule has 30 heavy (non-hydrogen) atoms. The highest BCUT2D eigenvalue weighted by Crippen LogP contribution is 2.34. The Morgan fingerprint density at radius 1 is 1.37 bits per heavy atom. The summed E-state index contributed by atoms with van der Waals surface area (Å²) in [6.45, 7) is 3.91. The zero-order valence-electron chi connectivity index (χ0n) is 16.4. The van der Waals surface area contributed by atoms with E-state index in [0.717, 1.165) is 11.8 Å². The highest BCUT2D eigenvalue weighted by molar-refractivity contribution is 6.04. The van der Waals surface area contributed by atoms with Crippen molar-refractivity contribution in [3.8, 4) is 11.1 Å². The molecule has 10 heteroatoms. The molecule has 3 aromatic heterocycles. The third kappa shape index (κ3) is 3.37. The molecule has 0 radical (unpaired) electrons. The molecule has 1 aliphatic rings. The van der Waals surface area contributed by atoms with E-state index in [9.17, 15) is 4.79 Å². The van der Waals surface area contributed by atoms with Gasteiger partial charge in [0.25, 0.3) is 5.91 Å². The van der Waals surface area contributed by atoms with Crippen molar-refractivity contribution in [1.82, 2.24) is 19.7 Å². The van der Waals surface area contributed by atoms with E-state index >= 15 is 0 Å². The fourth-order valence-electron chi connectivity index (χ4n) is 3.59. The number of hydrogen-bond acceptors (Lipinski definition) is 8. The maximum atomic E-state index is 12.0. The summed E-state index contributed by atoms with van der Waals surface area (Å²) >= 11 is 0. The molecule has 0 spiro atoms. The number of nitrogens with two attached hydrogens (primary N) is 2.